The third-order valence-corrected chi connectivity index (χ3v) is 6.85. The molecule has 3 heterocycles. The van der Waals surface area contributed by atoms with Crippen molar-refractivity contribution in [3.63, 3.8) is 0 Å². The van der Waals surface area contributed by atoms with Crippen LogP contribution in [0.4, 0.5) is 10.2 Å². The van der Waals surface area contributed by atoms with Gasteiger partial charge < -0.3 is 19.9 Å². The largest absolute Gasteiger partial charge is 0.485 e. The van der Waals surface area contributed by atoms with Crippen molar-refractivity contribution < 1.29 is 13.9 Å². The van der Waals surface area contributed by atoms with E-state index in [2.05, 4.69) is 21.7 Å². The molecule has 0 fully saturated rings. The SMILES string of the molecule is CNCC[C@H](Oc1ccc(CN2CCN(C)c3ncc(F)cc3C2=O)c(C)c1)c1cccs1.S. The van der Waals surface area contributed by atoms with Crippen LogP contribution < -0.4 is 15.0 Å². The molecule has 2 aromatic heterocycles. The average molecular weight is 503 g/mol. The van der Waals surface area contributed by atoms with Crippen LogP contribution >= 0.6 is 24.8 Å². The van der Waals surface area contributed by atoms with Gasteiger partial charge in [0, 0.05) is 38.0 Å². The Hall–Kier alpha value is -2.62. The first-order valence-corrected chi connectivity index (χ1v) is 11.9. The van der Waals surface area contributed by atoms with Gasteiger partial charge in [-0.25, -0.2) is 9.37 Å². The minimum atomic E-state index is -0.506. The van der Waals surface area contributed by atoms with E-state index in [1.165, 1.54) is 10.9 Å². The van der Waals surface area contributed by atoms with Crippen molar-refractivity contribution in [2.24, 2.45) is 0 Å². The Morgan fingerprint density at radius 1 is 1.26 bits per heavy atom. The number of carbonyl (C=O) groups excluding carboxylic acids is 1. The van der Waals surface area contributed by atoms with Crippen molar-refractivity contribution >= 4 is 36.6 Å². The van der Waals surface area contributed by atoms with Crippen molar-refractivity contribution in [2.45, 2.75) is 26.0 Å². The van der Waals surface area contributed by atoms with Crippen LogP contribution in [-0.2, 0) is 6.54 Å². The van der Waals surface area contributed by atoms with E-state index in [4.69, 9.17) is 4.74 Å². The van der Waals surface area contributed by atoms with Crippen LogP contribution in [0.5, 0.6) is 5.75 Å². The van der Waals surface area contributed by atoms with Gasteiger partial charge in [-0.2, -0.15) is 13.5 Å². The van der Waals surface area contributed by atoms with E-state index in [-0.39, 0.29) is 25.5 Å². The van der Waals surface area contributed by atoms with Gasteiger partial charge in [-0.3, -0.25) is 4.79 Å². The zero-order chi connectivity index (χ0) is 23.4. The number of hydrogen-bond acceptors (Lipinski definition) is 6. The number of nitrogens with one attached hydrogen (secondary N) is 1. The topological polar surface area (TPSA) is 57.7 Å². The van der Waals surface area contributed by atoms with E-state index in [0.29, 0.717) is 31.0 Å². The van der Waals surface area contributed by atoms with Gasteiger partial charge in [0.15, 0.2) is 0 Å². The molecule has 0 radical (unpaired) electrons. The first kappa shape index (κ1) is 26.0. The summed E-state index contributed by atoms with van der Waals surface area (Å²) >= 11 is 1.70. The van der Waals surface area contributed by atoms with Gasteiger partial charge >= 0.3 is 0 Å². The molecule has 1 aliphatic heterocycles. The standard InChI is InChI=1S/C25H29FN4O2S.H2S/c1-17-13-20(32-22(8-9-27-2)23-5-4-12-33-23)7-6-18(17)16-30-11-10-29(3)24-21(25(30)31)14-19(26)15-28-24;/h4-7,12-15,22,27H,8-11,16H2,1-3H3;1H2/t22-;/m0./s1. The summed E-state index contributed by atoms with van der Waals surface area (Å²) in [5, 5.41) is 5.25. The molecule has 1 aliphatic rings. The number of aromatic nitrogens is 1. The highest BCUT2D eigenvalue weighted by Gasteiger charge is 2.27. The summed E-state index contributed by atoms with van der Waals surface area (Å²) in [6.45, 7) is 4.51. The van der Waals surface area contributed by atoms with Crippen LogP contribution in [0.15, 0.2) is 48.0 Å². The lowest BCUT2D eigenvalue weighted by molar-refractivity contribution is 0.0754. The highest BCUT2D eigenvalue weighted by Crippen LogP contribution is 2.30. The number of thiophene rings is 1. The van der Waals surface area contributed by atoms with Crippen molar-refractivity contribution in [3.8, 4) is 5.75 Å². The number of hydrogen-bond donors (Lipinski definition) is 1. The Bertz CT molecular complexity index is 1110. The fourth-order valence-corrected chi connectivity index (χ4v) is 4.78. The minimum absolute atomic E-state index is 0. The highest BCUT2D eigenvalue weighted by molar-refractivity contribution is 7.59. The van der Waals surface area contributed by atoms with Crippen LogP contribution in [-0.4, -0.2) is 49.5 Å². The molecule has 1 N–H and O–H groups in total. The van der Waals surface area contributed by atoms with E-state index < -0.39 is 5.82 Å². The molecule has 0 bridgehead atoms. The molecule has 0 spiro atoms. The summed E-state index contributed by atoms with van der Waals surface area (Å²) in [5.74, 6) is 0.620. The first-order chi connectivity index (χ1) is 16.0. The molecular weight excluding hydrogens is 471 g/mol. The van der Waals surface area contributed by atoms with Crippen LogP contribution in [0.3, 0.4) is 0 Å². The smallest absolute Gasteiger partial charge is 0.258 e. The van der Waals surface area contributed by atoms with Gasteiger partial charge in [0.1, 0.15) is 23.5 Å². The summed E-state index contributed by atoms with van der Waals surface area (Å²) in [6, 6.07) is 11.4. The Morgan fingerprint density at radius 2 is 2.09 bits per heavy atom. The number of pyridine rings is 1. The van der Waals surface area contributed by atoms with Gasteiger partial charge in [0.25, 0.3) is 5.91 Å². The van der Waals surface area contributed by atoms with Gasteiger partial charge in [-0.15, -0.1) is 11.3 Å². The quantitative estimate of drug-likeness (QED) is 0.491. The number of ether oxygens (including phenoxy) is 1. The molecule has 1 amide bonds. The molecule has 4 rings (SSSR count). The maximum absolute atomic E-state index is 13.8. The van der Waals surface area contributed by atoms with Crippen molar-refractivity contribution in [2.75, 3.05) is 38.6 Å². The molecule has 1 atom stereocenters. The van der Waals surface area contributed by atoms with Gasteiger partial charge in [0.2, 0.25) is 0 Å². The number of amides is 1. The number of anilines is 1. The number of nitrogens with zero attached hydrogens (tertiary/aromatic N) is 3. The Morgan fingerprint density at radius 3 is 2.79 bits per heavy atom. The molecule has 182 valence electrons. The van der Waals surface area contributed by atoms with E-state index in [0.717, 1.165) is 36.0 Å². The molecule has 3 aromatic rings. The maximum atomic E-state index is 13.8. The second kappa shape index (κ2) is 11.7. The highest BCUT2D eigenvalue weighted by atomic mass is 32.1. The molecule has 0 unspecified atom stereocenters. The fourth-order valence-electron chi connectivity index (χ4n) is 3.99. The molecule has 0 aliphatic carbocycles. The zero-order valence-electron chi connectivity index (χ0n) is 19.7. The summed E-state index contributed by atoms with van der Waals surface area (Å²) in [5.41, 5.74) is 2.39. The van der Waals surface area contributed by atoms with Crippen LogP contribution in [0.25, 0.3) is 0 Å². The average Bonchev–Trinajstić information content (AvgIpc) is 3.31. The Balaban J connectivity index is 0.00000324. The zero-order valence-corrected chi connectivity index (χ0v) is 21.5. The van der Waals surface area contributed by atoms with Crippen molar-refractivity contribution in [3.05, 3.63) is 75.4 Å². The van der Waals surface area contributed by atoms with Crippen LogP contribution in [0, 0.1) is 12.7 Å². The van der Waals surface area contributed by atoms with E-state index in [9.17, 15) is 9.18 Å². The Labute approximate surface area is 211 Å². The predicted molar refractivity (Wildman–Crippen MR) is 140 cm³/mol. The van der Waals surface area contributed by atoms with E-state index in [1.807, 2.05) is 50.2 Å². The lowest BCUT2D eigenvalue weighted by atomic mass is 10.1. The van der Waals surface area contributed by atoms with Crippen molar-refractivity contribution in [1.82, 2.24) is 15.2 Å². The summed E-state index contributed by atoms with van der Waals surface area (Å²) in [4.78, 5) is 22.1. The second-order valence-corrected chi connectivity index (χ2v) is 9.25. The number of carbonyl (C=O) groups is 1. The van der Waals surface area contributed by atoms with E-state index >= 15 is 0 Å². The lowest BCUT2D eigenvalue weighted by Crippen LogP contribution is -2.33. The summed E-state index contributed by atoms with van der Waals surface area (Å²) in [7, 11) is 3.81. The normalized spacial score (nSPS) is 14.3. The summed E-state index contributed by atoms with van der Waals surface area (Å²) in [6.07, 6.45) is 2.02. The first-order valence-electron chi connectivity index (χ1n) is 11.1. The molecule has 0 saturated heterocycles. The summed E-state index contributed by atoms with van der Waals surface area (Å²) < 4.78 is 20.1. The molecule has 1 aromatic carbocycles. The van der Waals surface area contributed by atoms with Gasteiger partial charge in [-0.1, -0.05) is 12.1 Å². The molecular formula is C25H31FN4O2S2. The van der Waals surface area contributed by atoms with Crippen molar-refractivity contribution in [1.29, 1.82) is 0 Å². The molecule has 0 saturated carbocycles. The third kappa shape index (κ3) is 5.89. The number of likely N-dealkylation sites (N-methyl/N-ethyl adjacent to an activating group) is 1. The van der Waals surface area contributed by atoms with Crippen LogP contribution in [0.1, 0.15) is 38.9 Å². The van der Waals surface area contributed by atoms with Gasteiger partial charge in [-0.05, 0) is 61.3 Å². The monoisotopic (exact) mass is 502 g/mol. The number of halogens is 1. The molecule has 9 heteroatoms. The van der Waals surface area contributed by atoms with Crippen LogP contribution in [0.2, 0.25) is 0 Å². The Kier molecular flexibility index (Phi) is 8.93. The number of fused-ring (bicyclic) bond motifs is 1. The number of benzene rings is 1. The predicted octanol–water partition coefficient (Wildman–Crippen LogP) is 4.53. The maximum Gasteiger partial charge on any atom is 0.258 e. The van der Waals surface area contributed by atoms with E-state index in [1.54, 1.807) is 16.2 Å². The van der Waals surface area contributed by atoms with Gasteiger partial charge in [0.05, 0.1) is 11.8 Å². The molecule has 6 nitrogen and oxygen atoms in total. The number of aryl methyl sites for hydroxylation is 1. The third-order valence-electron chi connectivity index (χ3n) is 5.89. The fraction of sp³-hybridized carbons (Fsp3) is 0.360. The minimum Gasteiger partial charge on any atom is -0.485 e. The molecule has 34 heavy (non-hydrogen) atoms. The number of rotatable bonds is 8. The second-order valence-electron chi connectivity index (χ2n) is 8.28. The lowest BCUT2D eigenvalue weighted by Gasteiger charge is -2.23.